The van der Waals surface area contributed by atoms with Gasteiger partial charge in [-0.1, -0.05) is 63.4 Å². The summed E-state index contributed by atoms with van der Waals surface area (Å²) in [4.78, 5) is 17.4. The molecule has 1 aromatic carbocycles. The normalized spacial score (nSPS) is 13.7. The average Bonchev–Trinajstić information content (AvgIpc) is 2.52. The van der Waals surface area contributed by atoms with Crippen LogP contribution in [0.25, 0.3) is 0 Å². The monoisotopic (exact) mass is 293 g/mol. The molecule has 0 radical (unpaired) electrons. The average molecular weight is 293 g/mol. The number of benzene rings is 1. The molecule has 4 heteroatoms. The lowest BCUT2D eigenvalue weighted by atomic mass is 9.93. The summed E-state index contributed by atoms with van der Waals surface area (Å²) in [5.41, 5.74) is 3.47. The maximum absolute atomic E-state index is 12.1. The van der Waals surface area contributed by atoms with Crippen molar-refractivity contribution < 1.29 is 14.7 Å². The zero-order valence-corrected chi connectivity index (χ0v) is 13.0. The zero-order valence-electron chi connectivity index (χ0n) is 13.0. The van der Waals surface area contributed by atoms with Gasteiger partial charge in [0.15, 0.2) is 0 Å². The molecule has 0 aromatic heterocycles. The van der Waals surface area contributed by atoms with Gasteiger partial charge in [0, 0.05) is 0 Å². The number of carbonyl (C=O) groups excluding carboxylic acids is 1. The van der Waals surface area contributed by atoms with Crippen molar-refractivity contribution >= 4 is 5.91 Å². The topological polar surface area (TPSA) is 58.6 Å². The molecule has 1 amide bonds. The fourth-order valence-corrected chi connectivity index (χ4v) is 2.24. The highest BCUT2D eigenvalue weighted by Crippen LogP contribution is 2.17. The van der Waals surface area contributed by atoms with Crippen LogP contribution in [0.3, 0.4) is 0 Å². The Balaban J connectivity index is 2.40. The van der Waals surface area contributed by atoms with Crippen LogP contribution in [0.4, 0.5) is 0 Å². The van der Waals surface area contributed by atoms with Crippen LogP contribution in [0.5, 0.6) is 0 Å². The molecule has 0 saturated carbocycles. The maximum Gasteiger partial charge on any atom is 0.249 e. The molecule has 0 aliphatic rings. The van der Waals surface area contributed by atoms with E-state index in [1.165, 1.54) is 0 Å². The van der Waals surface area contributed by atoms with Crippen LogP contribution in [0.15, 0.2) is 30.3 Å². The Hall–Kier alpha value is -1.39. The van der Waals surface area contributed by atoms with Crippen molar-refractivity contribution in [1.29, 1.82) is 0 Å². The smallest absolute Gasteiger partial charge is 0.249 e. The van der Waals surface area contributed by atoms with Gasteiger partial charge in [-0.3, -0.25) is 9.63 Å². The summed E-state index contributed by atoms with van der Waals surface area (Å²) in [5.74, 6) is -0.617. The third-order valence-corrected chi connectivity index (χ3v) is 3.59. The number of nitrogens with one attached hydrogen (secondary N) is 1. The molecule has 0 aliphatic heterocycles. The van der Waals surface area contributed by atoms with Crippen molar-refractivity contribution in [2.75, 3.05) is 0 Å². The number of hydrogen-bond acceptors (Lipinski definition) is 3. The number of carbonyl (C=O) groups is 1. The van der Waals surface area contributed by atoms with Gasteiger partial charge < -0.3 is 5.11 Å². The Morgan fingerprint density at radius 3 is 2.57 bits per heavy atom. The standard InChI is InChI=1S/C17H27NO3/c1-3-5-7-12-15(16(19)4-2)17(20)18-21-13-14-10-8-6-9-11-14/h6,8-11,15-16,19H,3-5,7,12-13H2,1-2H3,(H,18,20). The molecule has 0 bridgehead atoms. The van der Waals surface area contributed by atoms with E-state index in [0.717, 1.165) is 24.8 Å². The van der Waals surface area contributed by atoms with Gasteiger partial charge in [-0.2, -0.15) is 0 Å². The van der Waals surface area contributed by atoms with Gasteiger partial charge in [0.25, 0.3) is 0 Å². The summed E-state index contributed by atoms with van der Waals surface area (Å²) < 4.78 is 0. The van der Waals surface area contributed by atoms with Crippen LogP contribution >= 0.6 is 0 Å². The van der Waals surface area contributed by atoms with Crippen molar-refractivity contribution in [3.63, 3.8) is 0 Å². The Morgan fingerprint density at radius 2 is 1.95 bits per heavy atom. The summed E-state index contributed by atoms with van der Waals surface area (Å²) in [6, 6.07) is 9.66. The molecule has 0 spiro atoms. The minimum Gasteiger partial charge on any atom is -0.392 e. The van der Waals surface area contributed by atoms with E-state index in [0.29, 0.717) is 19.4 Å². The highest BCUT2D eigenvalue weighted by molar-refractivity contribution is 5.78. The van der Waals surface area contributed by atoms with E-state index in [1.54, 1.807) is 0 Å². The van der Waals surface area contributed by atoms with Crippen LogP contribution in [-0.2, 0) is 16.2 Å². The van der Waals surface area contributed by atoms with E-state index in [9.17, 15) is 9.90 Å². The molecule has 0 fully saturated rings. The predicted octanol–water partition coefficient (Wildman–Crippen LogP) is 3.20. The fraction of sp³-hybridized carbons (Fsp3) is 0.588. The van der Waals surface area contributed by atoms with Gasteiger partial charge in [0.1, 0.15) is 0 Å². The summed E-state index contributed by atoms with van der Waals surface area (Å²) in [5, 5.41) is 9.99. The number of unbranched alkanes of at least 4 members (excludes halogenated alkanes) is 2. The lowest BCUT2D eigenvalue weighted by molar-refractivity contribution is -0.143. The summed E-state index contributed by atoms with van der Waals surface area (Å²) in [6.45, 7) is 4.33. The van der Waals surface area contributed by atoms with Crippen molar-refractivity contribution in [2.45, 2.75) is 58.7 Å². The number of aliphatic hydroxyl groups is 1. The first kappa shape index (κ1) is 17.7. The molecule has 1 rings (SSSR count). The van der Waals surface area contributed by atoms with E-state index in [4.69, 9.17) is 4.84 Å². The second kappa shape index (κ2) is 10.4. The molecule has 0 heterocycles. The Kier molecular flexibility index (Phi) is 8.71. The van der Waals surface area contributed by atoms with Crippen molar-refractivity contribution in [2.24, 2.45) is 5.92 Å². The number of hydrogen-bond donors (Lipinski definition) is 2. The van der Waals surface area contributed by atoms with Crippen LogP contribution in [-0.4, -0.2) is 17.1 Å². The first-order valence-electron chi connectivity index (χ1n) is 7.82. The molecular weight excluding hydrogens is 266 g/mol. The fourth-order valence-electron chi connectivity index (χ4n) is 2.24. The Morgan fingerprint density at radius 1 is 1.24 bits per heavy atom. The molecular formula is C17H27NO3. The van der Waals surface area contributed by atoms with E-state index in [2.05, 4.69) is 12.4 Å². The first-order valence-corrected chi connectivity index (χ1v) is 7.82. The van der Waals surface area contributed by atoms with Crippen LogP contribution in [0.1, 0.15) is 51.5 Å². The lowest BCUT2D eigenvalue weighted by Crippen LogP contribution is -2.37. The molecule has 2 N–H and O–H groups in total. The largest absolute Gasteiger partial charge is 0.392 e. The van der Waals surface area contributed by atoms with Crippen molar-refractivity contribution in [3.05, 3.63) is 35.9 Å². The van der Waals surface area contributed by atoms with Crippen LogP contribution in [0, 0.1) is 5.92 Å². The lowest BCUT2D eigenvalue weighted by Gasteiger charge is -2.21. The number of aliphatic hydroxyl groups excluding tert-OH is 1. The molecule has 0 saturated heterocycles. The Bertz CT molecular complexity index is 394. The quantitative estimate of drug-likeness (QED) is 0.514. The van der Waals surface area contributed by atoms with Gasteiger partial charge in [0.05, 0.1) is 18.6 Å². The van der Waals surface area contributed by atoms with Gasteiger partial charge in [0.2, 0.25) is 5.91 Å². The minimum absolute atomic E-state index is 0.226. The van der Waals surface area contributed by atoms with Gasteiger partial charge in [-0.25, -0.2) is 5.48 Å². The zero-order chi connectivity index (χ0) is 15.5. The van der Waals surface area contributed by atoms with Gasteiger partial charge in [-0.15, -0.1) is 0 Å². The minimum atomic E-state index is -0.609. The van der Waals surface area contributed by atoms with Gasteiger partial charge in [-0.05, 0) is 18.4 Å². The Labute approximate surface area is 127 Å². The number of amides is 1. The molecule has 0 aliphatic carbocycles. The van der Waals surface area contributed by atoms with E-state index >= 15 is 0 Å². The molecule has 21 heavy (non-hydrogen) atoms. The molecule has 118 valence electrons. The van der Waals surface area contributed by atoms with Crippen LogP contribution < -0.4 is 5.48 Å². The third kappa shape index (κ3) is 6.74. The number of hydroxylamine groups is 1. The van der Waals surface area contributed by atoms with E-state index < -0.39 is 12.0 Å². The molecule has 2 unspecified atom stereocenters. The number of rotatable bonds is 10. The SMILES string of the molecule is CCCCCC(C(=O)NOCc1ccccc1)C(O)CC. The summed E-state index contributed by atoms with van der Waals surface area (Å²) >= 11 is 0. The predicted molar refractivity (Wildman–Crippen MR) is 83.3 cm³/mol. The molecule has 2 atom stereocenters. The van der Waals surface area contributed by atoms with E-state index in [-0.39, 0.29) is 5.91 Å². The molecule has 4 nitrogen and oxygen atoms in total. The van der Waals surface area contributed by atoms with E-state index in [1.807, 2.05) is 37.3 Å². The van der Waals surface area contributed by atoms with Crippen molar-refractivity contribution in [1.82, 2.24) is 5.48 Å². The highest BCUT2D eigenvalue weighted by Gasteiger charge is 2.25. The summed E-state index contributed by atoms with van der Waals surface area (Å²) in [6.07, 6.45) is 3.78. The van der Waals surface area contributed by atoms with Gasteiger partial charge >= 0.3 is 0 Å². The second-order valence-corrected chi connectivity index (χ2v) is 5.32. The maximum atomic E-state index is 12.1. The third-order valence-electron chi connectivity index (χ3n) is 3.59. The second-order valence-electron chi connectivity index (χ2n) is 5.32. The van der Waals surface area contributed by atoms with Crippen LogP contribution in [0.2, 0.25) is 0 Å². The molecule has 1 aromatic rings. The van der Waals surface area contributed by atoms with Crippen molar-refractivity contribution in [3.8, 4) is 0 Å². The highest BCUT2D eigenvalue weighted by atomic mass is 16.6. The summed E-state index contributed by atoms with van der Waals surface area (Å²) in [7, 11) is 0. The first-order chi connectivity index (χ1) is 10.2.